The van der Waals surface area contributed by atoms with Gasteiger partial charge < -0.3 is 20.2 Å². The lowest BCUT2D eigenvalue weighted by molar-refractivity contribution is 0.0985. The first kappa shape index (κ1) is 22.2. The van der Waals surface area contributed by atoms with Gasteiger partial charge in [-0.05, 0) is 43.0 Å². The van der Waals surface area contributed by atoms with Crippen LogP contribution in [0.25, 0.3) is 11.0 Å². The van der Waals surface area contributed by atoms with Gasteiger partial charge in [-0.3, -0.25) is 4.79 Å². The van der Waals surface area contributed by atoms with E-state index in [-0.39, 0.29) is 18.4 Å². The predicted molar refractivity (Wildman–Crippen MR) is 135 cm³/mol. The number of furan rings is 1. The summed E-state index contributed by atoms with van der Waals surface area (Å²) in [4.78, 5) is 12.7. The van der Waals surface area contributed by atoms with Crippen molar-refractivity contribution in [1.82, 2.24) is 5.32 Å². The summed E-state index contributed by atoms with van der Waals surface area (Å²) < 4.78 is 12.4. The Balaban J connectivity index is 1.27. The van der Waals surface area contributed by atoms with E-state index in [1.165, 1.54) is 23.8 Å². The van der Waals surface area contributed by atoms with Crippen molar-refractivity contribution in [2.24, 2.45) is 0 Å². The monoisotopic (exact) mass is 454 g/mol. The van der Waals surface area contributed by atoms with Crippen LogP contribution in [0.15, 0.2) is 77.2 Å². The second kappa shape index (κ2) is 10.1. The van der Waals surface area contributed by atoms with Gasteiger partial charge >= 0.3 is 0 Å². The summed E-state index contributed by atoms with van der Waals surface area (Å²) in [5, 5.41) is 4.60. The second-order valence-corrected chi connectivity index (χ2v) is 8.87. The zero-order valence-corrected chi connectivity index (χ0v) is 19.3. The third kappa shape index (κ3) is 4.85. The number of aryl methyl sites for hydroxylation is 2. The maximum absolute atomic E-state index is 12.7. The van der Waals surface area contributed by atoms with E-state index in [9.17, 15) is 4.79 Å². The number of Topliss-reactive ketones (excluding diaryl/α,β-unsaturated/α-hetero) is 1. The summed E-state index contributed by atoms with van der Waals surface area (Å²) in [6, 6.07) is 23.4. The molecule has 1 aliphatic rings. The van der Waals surface area contributed by atoms with Gasteiger partial charge in [0.15, 0.2) is 17.1 Å². The number of nitrogen functional groups attached to an aromatic ring is 1. The molecular formula is C29H30N2O3. The van der Waals surface area contributed by atoms with Gasteiger partial charge in [0.1, 0.15) is 5.76 Å². The van der Waals surface area contributed by atoms with E-state index in [0.717, 1.165) is 35.5 Å². The minimum Gasteiger partial charge on any atom is -0.490 e. The average molecular weight is 455 g/mol. The lowest BCUT2D eigenvalue weighted by Gasteiger charge is -2.19. The number of rotatable bonds is 9. The molecule has 0 fully saturated rings. The van der Waals surface area contributed by atoms with E-state index >= 15 is 0 Å². The highest BCUT2D eigenvalue weighted by molar-refractivity contribution is 5.98. The highest BCUT2D eigenvalue weighted by Gasteiger charge is 2.20. The van der Waals surface area contributed by atoms with Crippen LogP contribution in [0, 0.1) is 0 Å². The van der Waals surface area contributed by atoms with Crippen molar-refractivity contribution >= 4 is 22.4 Å². The molecule has 0 radical (unpaired) electrons. The fourth-order valence-electron chi connectivity index (χ4n) is 4.76. The normalized spacial score (nSPS) is 14.0. The molecule has 34 heavy (non-hydrogen) atoms. The van der Waals surface area contributed by atoms with E-state index < -0.39 is 0 Å². The molecule has 1 aromatic heterocycles. The van der Waals surface area contributed by atoms with Gasteiger partial charge in [0.2, 0.25) is 0 Å². The Hall–Kier alpha value is -3.57. The number of benzene rings is 3. The lowest BCUT2D eigenvalue weighted by Crippen LogP contribution is -2.29. The van der Waals surface area contributed by atoms with Crippen LogP contribution in [-0.4, -0.2) is 18.9 Å². The van der Waals surface area contributed by atoms with Gasteiger partial charge in [0.05, 0.1) is 13.2 Å². The van der Waals surface area contributed by atoms with Crippen LogP contribution in [0.3, 0.4) is 0 Å². The van der Waals surface area contributed by atoms with E-state index in [1.807, 2.05) is 30.3 Å². The molecule has 1 aliphatic carbocycles. The number of hydrogen-bond donors (Lipinski definition) is 2. The van der Waals surface area contributed by atoms with Gasteiger partial charge in [-0.1, -0.05) is 54.6 Å². The number of carbonyl (C=O) groups is 1. The zero-order valence-electron chi connectivity index (χ0n) is 19.3. The molecule has 5 rings (SSSR count). The van der Waals surface area contributed by atoms with E-state index in [1.54, 1.807) is 24.3 Å². The highest BCUT2D eigenvalue weighted by Crippen LogP contribution is 2.36. The molecule has 0 saturated heterocycles. The number of para-hydroxylation sites is 1. The van der Waals surface area contributed by atoms with Crippen molar-refractivity contribution in [2.75, 3.05) is 18.9 Å². The van der Waals surface area contributed by atoms with Gasteiger partial charge in [-0.15, -0.1) is 0 Å². The van der Waals surface area contributed by atoms with Crippen LogP contribution in [0.1, 0.15) is 52.5 Å². The molecular weight excluding hydrogens is 424 g/mol. The first-order valence-corrected chi connectivity index (χ1v) is 12.0. The minimum atomic E-state index is -0.0183. The van der Waals surface area contributed by atoms with Crippen LogP contribution in [0.4, 0.5) is 5.69 Å². The van der Waals surface area contributed by atoms with Crippen molar-refractivity contribution < 1.29 is 13.9 Å². The maximum atomic E-state index is 12.7. The van der Waals surface area contributed by atoms with Crippen LogP contribution < -0.4 is 15.8 Å². The molecule has 0 bridgehead atoms. The van der Waals surface area contributed by atoms with E-state index in [4.69, 9.17) is 14.9 Å². The smallest absolute Gasteiger partial charge is 0.176 e. The quantitative estimate of drug-likeness (QED) is 0.244. The van der Waals surface area contributed by atoms with Crippen LogP contribution in [0.5, 0.6) is 5.75 Å². The van der Waals surface area contributed by atoms with Gasteiger partial charge in [0.25, 0.3) is 0 Å². The molecule has 174 valence electrons. The van der Waals surface area contributed by atoms with Crippen LogP contribution in [-0.2, 0) is 12.8 Å². The van der Waals surface area contributed by atoms with Crippen molar-refractivity contribution in [3.05, 3.63) is 95.2 Å². The molecule has 0 aliphatic heterocycles. The molecule has 1 atom stereocenters. The average Bonchev–Trinajstić information content (AvgIpc) is 3.26. The molecule has 3 N–H and O–H groups in total. The Morgan fingerprint density at radius 1 is 1.00 bits per heavy atom. The summed E-state index contributed by atoms with van der Waals surface area (Å²) in [5.74, 6) is 1.91. The zero-order chi connectivity index (χ0) is 23.3. The SMILES string of the molecule is Nc1cccc(C(=O)CNC(CCOc2cccc3c4c(oc23)CCCC4)c2ccccc2)c1. The lowest BCUT2D eigenvalue weighted by atomic mass is 9.96. The van der Waals surface area contributed by atoms with Crippen molar-refractivity contribution in [3.63, 3.8) is 0 Å². The standard InChI is InChI=1S/C29H30N2O3/c30-22-11-6-10-21(18-22)26(32)19-31-25(20-8-2-1-3-9-20)16-17-33-28-15-7-13-24-23-12-4-5-14-27(23)34-29(24)28/h1-3,6-11,13,15,18,25,31H,4-5,12,14,16-17,19,30H2. The molecule has 3 aromatic carbocycles. The molecule has 0 spiro atoms. The third-order valence-electron chi connectivity index (χ3n) is 6.53. The Kier molecular flexibility index (Phi) is 6.63. The maximum Gasteiger partial charge on any atom is 0.176 e. The van der Waals surface area contributed by atoms with E-state index in [2.05, 4.69) is 23.5 Å². The first-order valence-electron chi connectivity index (χ1n) is 12.0. The summed E-state index contributed by atoms with van der Waals surface area (Å²) in [6.07, 6.45) is 5.19. The molecule has 5 nitrogen and oxygen atoms in total. The fraction of sp³-hybridized carbons (Fsp3) is 0.276. The summed E-state index contributed by atoms with van der Waals surface area (Å²) in [6.45, 7) is 0.729. The molecule has 0 amide bonds. The minimum absolute atomic E-state index is 0.0140. The van der Waals surface area contributed by atoms with Gasteiger partial charge in [0, 0.05) is 41.1 Å². The topological polar surface area (TPSA) is 77.5 Å². The number of ketones is 1. The first-order chi connectivity index (χ1) is 16.7. The summed E-state index contributed by atoms with van der Waals surface area (Å²) in [5.41, 5.74) is 10.4. The Bertz CT molecular complexity index is 1280. The predicted octanol–water partition coefficient (Wildman–Crippen LogP) is 5.88. The number of ether oxygens (including phenoxy) is 1. The number of hydrogen-bond acceptors (Lipinski definition) is 5. The van der Waals surface area contributed by atoms with Crippen LogP contribution >= 0.6 is 0 Å². The van der Waals surface area contributed by atoms with Gasteiger partial charge in [-0.2, -0.15) is 0 Å². The summed E-state index contributed by atoms with van der Waals surface area (Å²) in [7, 11) is 0. The number of nitrogens with two attached hydrogens (primary N) is 1. The Labute approximate surface area is 199 Å². The highest BCUT2D eigenvalue weighted by atomic mass is 16.5. The second-order valence-electron chi connectivity index (χ2n) is 8.87. The summed E-state index contributed by atoms with van der Waals surface area (Å²) >= 11 is 0. The third-order valence-corrected chi connectivity index (χ3v) is 6.53. The largest absolute Gasteiger partial charge is 0.490 e. The van der Waals surface area contributed by atoms with Crippen LogP contribution in [0.2, 0.25) is 0 Å². The molecule has 4 aromatic rings. The van der Waals surface area contributed by atoms with Crippen molar-refractivity contribution in [3.8, 4) is 5.75 Å². The Morgan fingerprint density at radius 3 is 2.68 bits per heavy atom. The fourth-order valence-corrected chi connectivity index (χ4v) is 4.76. The molecule has 1 unspecified atom stereocenters. The number of fused-ring (bicyclic) bond motifs is 3. The molecule has 5 heteroatoms. The number of nitrogens with one attached hydrogen (secondary N) is 1. The molecule has 1 heterocycles. The van der Waals surface area contributed by atoms with Gasteiger partial charge in [-0.25, -0.2) is 0 Å². The number of carbonyl (C=O) groups excluding carboxylic acids is 1. The molecule has 0 saturated carbocycles. The van der Waals surface area contributed by atoms with Crippen molar-refractivity contribution in [2.45, 2.75) is 38.1 Å². The Morgan fingerprint density at radius 2 is 1.82 bits per heavy atom. The van der Waals surface area contributed by atoms with Crippen molar-refractivity contribution in [1.29, 1.82) is 0 Å². The van der Waals surface area contributed by atoms with E-state index in [0.29, 0.717) is 24.3 Å². The number of anilines is 1.